The molecule has 2 fully saturated rings. The molecule has 1 unspecified atom stereocenters. The fourth-order valence-electron chi connectivity index (χ4n) is 3.69. The molecule has 8 heteroatoms. The summed E-state index contributed by atoms with van der Waals surface area (Å²) in [4.78, 5) is 24.5. The average molecular weight is 459 g/mol. The summed E-state index contributed by atoms with van der Waals surface area (Å²) in [5, 5.41) is 11.2. The largest absolute Gasteiger partial charge is 0.456 e. The summed E-state index contributed by atoms with van der Waals surface area (Å²) in [5.41, 5.74) is 0.171. The zero-order valence-electron chi connectivity index (χ0n) is 17.7. The highest BCUT2D eigenvalue weighted by atomic mass is 32.2. The Labute approximate surface area is 191 Å². The van der Waals surface area contributed by atoms with Crippen LogP contribution in [-0.4, -0.2) is 53.3 Å². The maximum absolute atomic E-state index is 12.4. The van der Waals surface area contributed by atoms with E-state index < -0.39 is 42.1 Å². The van der Waals surface area contributed by atoms with Crippen LogP contribution < -0.4 is 0 Å². The first-order valence-corrected chi connectivity index (χ1v) is 11.5. The molecule has 4 rings (SSSR count). The van der Waals surface area contributed by atoms with Crippen LogP contribution in [0, 0.1) is 0 Å². The van der Waals surface area contributed by atoms with Crippen LogP contribution in [0.5, 0.6) is 0 Å². The van der Waals surface area contributed by atoms with Crippen LogP contribution in [0.4, 0.5) is 0 Å². The van der Waals surface area contributed by atoms with E-state index in [2.05, 4.69) is 0 Å². The van der Waals surface area contributed by atoms with Gasteiger partial charge in [0, 0.05) is 16.9 Å². The van der Waals surface area contributed by atoms with E-state index in [1.807, 2.05) is 60.7 Å². The molecule has 2 aliphatic heterocycles. The number of carbonyl (C=O) groups excluding carboxylic acids is 2. The standard InChI is InChI=1S/C24H26O7S/c1-15(25)12-13-19(26)30-22-20(27)21-18(29-24(22)32-17-10-6-3-7-11-17)14-28-23(31-21)16-8-4-2-5-9-16/h2-11,18,20-24,27H,12-14H2,1H3/t18-,20+,21+,22-,23?,24+/m1/s1. The summed E-state index contributed by atoms with van der Waals surface area (Å²) in [5.74, 6) is -0.659. The number of aliphatic hydroxyl groups excluding tert-OH is 1. The molecule has 0 aliphatic carbocycles. The Morgan fingerprint density at radius 2 is 1.72 bits per heavy atom. The van der Waals surface area contributed by atoms with Gasteiger partial charge in [-0.2, -0.15) is 0 Å². The van der Waals surface area contributed by atoms with Gasteiger partial charge in [-0.1, -0.05) is 60.3 Å². The quantitative estimate of drug-likeness (QED) is 0.633. The summed E-state index contributed by atoms with van der Waals surface area (Å²) in [6.45, 7) is 1.65. The van der Waals surface area contributed by atoms with Gasteiger partial charge in [-0.3, -0.25) is 4.79 Å². The van der Waals surface area contributed by atoms with E-state index in [1.165, 1.54) is 18.7 Å². The fraction of sp³-hybridized carbons (Fsp3) is 0.417. The smallest absolute Gasteiger partial charge is 0.306 e. The molecule has 2 aliphatic rings. The Morgan fingerprint density at radius 1 is 1.03 bits per heavy atom. The van der Waals surface area contributed by atoms with Crippen molar-refractivity contribution in [1.29, 1.82) is 0 Å². The molecule has 2 aromatic carbocycles. The number of ether oxygens (including phenoxy) is 4. The Morgan fingerprint density at radius 3 is 2.41 bits per heavy atom. The van der Waals surface area contributed by atoms with Gasteiger partial charge in [-0.15, -0.1) is 0 Å². The molecule has 170 valence electrons. The molecular weight excluding hydrogens is 432 g/mol. The van der Waals surface area contributed by atoms with Gasteiger partial charge in [0.2, 0.25) is 0 Å². The molecule has 0 aromatic heterocycles. The lowest BCUT2D eigenvalue weighted by molar-refractivity contribution is -0.319. The molecule has 2 saturated heterocycles. The van der Waals surface area contributed by atoms with E-state index in [-0.39, 0.29) is 25.2 Å². The van der Waals surface area contributed by atoms with Gasteiger partial charge in [0.05, 0.1) is 13.0 Å². The van der Waals surface area contributed by atoms with Gasteiger partial charge >= 0.3 is 5.97 Å². The maximum atomic E-state index is 12.4. The molecule has 32 heavy (non-hydrogen) atoms. The lowest BCUT2D eigenvalue weighted by atomic mass is 9.98. The van der Waals surface area contributed by atoms with Gasteiger partial charge in [0.1, 0.15) is 29.5 Å². The molecule has 0 radical (unpaired) electrons. The third kappa shape index (κ3) is 5.57. The third-order valence-corrected chi connectivity index (χ3v) is 6.48. The highest BCUT2D eigenvalue weighted by Crippen LogP contribution is 2.40. The van der Waals surface area contributed by atoms with Gasteiger partial charge in [-0.05, 0) is 19.1 Å². The van der Waals surface area contributed by atoms with E-state index in [9.17, 15) is 14.7 Å². The first-order valence-electron chi connectivity index (χ1n) is 10.6. The Balaban J connectivity index is 1.51. The number of aliphatic hydroxyl groups is 1. The zero-order chi connectivity index (χ0) is 22.5. The minimum Gasteiger partial charge on any atom is -0.456 e. The van der Waals surface area contributed by atoms with E-state index >= 15 is 0 Å². The Kier molecular flexibility index (Phi) is 7.59. The highest BCUT2D eigenvalue weighted by Gasteiger charge is 2.51. The summed E-state index contributed by atoms with van der Waals surface area (Å²) >= 11 is 1.36. The molecule has 0 saturated carbocycles. The van der Waals surface area contributed by atoms with Crippen LogP contribution >= 0.6 is 11.8 Å². The van der Waals surface area contributed by atoms with Crippen LogP contribution in [0.2, 0.25) is 0 Å². The summed E-state index contributed by atoms with van der Waals surface area (Å²) in [6.07, 6.45) is -3.94. The monoisotopic (exact) mass is 458 g/mol. The van der Waals surface area contributed by atoms with Crippen molar-refractivity contribution in [2.24, 2.45) is 0 Å². The van der Waals surface area contributed by atoms with E-state index in [0.717, 1.165) is 10.5 Å². The molecule has 0 spiro atoms. The average Bonchev–Trinajstić information content (AvgIpc) is 2.81. The molecule has 0 amide bonds. The summed E-state index contributed by atoms with van der Waals surface area (Å²) in [7, 11) is 0. The van der Waals surface area contributed by atoms with E-state index in [4.69, 9.17) is 18.9 Å². The second-order valence-corrected chi connectivity index (χ2v) is 8.97. The second-order valence-electron chi connectivity index (χ2n) is 7.80. The van der Waals surface area contributed by atoms with Crippen LogP contribution in [0.3, 0.4) is 0 Å². The van der Waals surface area contributed by atoms with Crippen LogP contribution in [0.25, 0.3) is 0 Å². The molecule has 1 N–H and O–H groups in total. The summed E-state index contributed by atoms with van der Waals surface area (Å²) < 4.78 is 23.7. The SMILES string of the molecule is CC(=O)CCC(=O)O[C@@H]1[C@@H](O)[C@H]2OC(c3ccccc3)OC[C@H]2O[C@H]1Sc1ccccc1. The van der Waals surface area contributed by atoms with E-state index in [1.54, 1.807) is 0 Å². The number of benzene rings is 2. The van der Waals surface area contributed by atoms with Crippen LogP contribution in [0.1, 0.15) is 31.6 Å². The number of ketones is 1. The third-order valence-electron chi connectivity index (χ3n) is 5.33. The van der Waals surface area contributed by atoms with Crippen molar-refractivity contribution in [1.82, 2.24) is 0 Å². The molecule has 0 bridgehead atoms. The van der Waals surface area contributed by atoms with Crippen LogP contribution in [0.15, 0.2) is 65.6 Å². The number of thioether (sulfide) groups is 1. The van der Waals surface area contributed by atoms with Crippen molar-refractivity contribution in [3.05, 3.63) is 66.2 Å². The van der Waals surface area contributed by atoms with Gasteiger partial charge in [-0.25, -0.2) is 0 Å². The summed E-state index contributed by atoms with van der Waals surface area (Å²) in [6, 6.07) is 19.0. The van der Waals surface area contributed by atoms with Gasteiger partial charge in [0.15, 0.2) is 12.4 Å². The van der Waals surface area contributed by atoms with Crippen molar-refractivity contribution < 1.29 is 33.6 Å². The lowest BCUT2D eigenvalue weighted by Crippen LogP contribution is -2.61. The predicted molar refractivity (Wildman–Crippen MR) is 117 cm³/mol. The number of Topliss-reactive ketones (excluding diaryl/α,β-unsaturated/α-hetero) is 1. The number of hydrogen-bond acceptors (Lipinski definition) is 8. The normalized spacial score (nSPS) is 29.7. The first-order chi connectivity index (χ1) is 15.5. The fourth-order valence-corrected chi connectivity index (χ4v) is 4.82. The predicted octanol–water partition coefficient (Wildman–Crippen LogP) is 3.26. The minimum atomic E-state index is -1.12. The van der Waals surface area contributed by atoms with Crippen molar-refractivity contribution >= 4 is 23.5 Å². The van der Waals surface area contributed by atoms with E-state index in [0.29, 0.717) is 0 Å². The highest BCUT2D eigenvalue weighted by molar-refractivity contribution is 7.99. The number of esters is 1. The zero-order valence-corrected chi connectivity index (χ0v) is 18.5. The molecule has 2 aromatic rings. The maximum Gasteiger partial charge on any atom is 0.306 e. The Hall–Kier alpha value is -2.23. The topological polar surface area (TPSA) is 91.3 Å². The number of carbonyl (C=O) groups is 2. The van der Waals surface area contributed by atoms with Crippen molar-refractivity contribution in [2.45, 2.75) is 60.8 Å². The second kappa shape index (κ2) is 10.6. The molecule has 7 nitrogen and oxygen atoms in total. The number of hydrogen-bond donors (Lipinski definition) is 1. The molecular formula is C24H26O7S. The number of rotatable bonds is 7. The molecule has 6 atom stereocenters. The number of fused-ring (bicyclic) bond motifs is 1. The lowest BCUT2D eigenvalue weighted by Gasteiger charge is -2.47. The molecule has 2 heterocycles. The van der Waals surface area contributed by atoms with Gasteiger partial charge < -0.3 is 28.8 Å². The minimum absolute atomic E-state index is 0.0496. The van der Waals surface area contributed by atoms with Crippen molar-refractivity contribution in [3.8, 4) is 0 Å². The van der Waals surface area contributed by atoms with Crippen molar-refractivity contribution in [2.75, 3.05) is 6.61 Å². The van der Waals surface area contributed by atoms with Crippen LogP contribution in [-0.2, 0) is 28.5 Å². The first kappa shape index (κ1) is 22.9. The van der Waals surface area contributed by atoms with Crippen molar-refractivity contribution in [3.63, 3.8) is 0 Å². The van der Waals surface area contributed by atoms with Gasteiger partial charge in [0.25, 0.3) is 0 Å². The Bertz CT molecular complexity index is 907.